The fourth-order valence-electron chi connectivity index (χ4n) is 2.69. The van der Waals surface area contributed by atoms with Gasteiger partial charge >= 0.3 is 0 Å². The topological polar surface area (TPSA) is 44.9 Å². The van der Waals surface area contributed by atoms with E-state index in [-0.39, 0.29) is 11.8 Å². The molecule has 0 aliphatic rings. The van der Waals surface area contributed by atoms with Crippen molar-refractivity contribution in [2.24, 2.45) is 0 Å². The number of H-pyrrole nitrogens is 1. The van der Waals surface area contributed by atoms with Crippen molar-refractivity contribution < 1.29 is 4.79 Å². The van der Waals surface area contributed by atoms with Gasteiger partial charge in [-0.25, -0.2) is 0 Å². The molecule has 0 atom stereocenters. The third-order valence-corrected chi connectivity index (χ3v) is 4.27. The molecule has 0 fully saturated rings. The molecule has 1 aromatic heterocycles. The van der Waals surface area contributed by atoms with Crippen LogP contribution in [0.3, 0.4) is 0 Å². The number of rotatable bonds is 5. The first-order valence-electron chi connectivity index (χ1n) is 7.81. The molecule has 1 amide bonds. The Labute approximate surface area is 146 Å². The van der Waals surface area contributed by atoms with Gasteiger partial charge in [0.05, 0.1) is 5.56 Å². The molecule has 0 aliphatic carbocycles. The maximum Gasteiger partial charge on any atom is 0.254 e. The minimum Gasteiger partial charge on any atom is -0.352 e. The van der Waals surface area contributed by atoms with Crippen LogP contribution >= 0.6 is 12.2 Å². The summed E-state index contributed by atoms with van der Waals surface area (Å²) in [7, 11) is 0. The zero-order chi connectivity index (χ0) is 16.8. The van der Waals surface area contributed by atoms with Gasteiger partial charge in [-0.2, -0.15) is 0 Å². The molecule has 2 aromatic carbocycles. The fourth-order valence-corrected chi connectivity index (χ4v) is 2.92. The van der Waals surface area contributed by atoms with Crippen molar-refractivity contribution in [3.05, 3.63) is 100 Å². The van der Waals surface area contributed by atoms with Crippen LogP contribution in [-0.4, -0.2) is 17.4 Å². The van der Waals surface area contributed by atoms with E-state index in [9.17, 15) is 4.79 Å². The van der Waals surface area contributed by atoms with Gasteiger partial charge < -0.3 is 10.3 Å². The van der Waals surface area contributed by atoms with E-state index in [2.05, 4.69) is 34.6 Å². The minimum atomic E-state index is -0.159. The van der Waals surface area contributed by atoms with Crippen molar-refractivity contribution in [2.45, 2.75) is 5.92 Å². The molecule has 0 radical (unpaired) electrons. The number of hydrogen-bond donors (Lipinski definition) is 2. The van der Waals surface area contributed by atoms with Gasteiger partial charge in [0, 0.05) is 18.7 Å². The van der Waals surface area contributed by atoms with Crippen molar-refractivity contribution in [1.82, 2.24) is 10.3 Å². The molecular formula is C20H18N2OS. The molecule has 3 nitrogen and oxygen atoms in total. The molecule has 1 heterocycles. The van der Waals surface area contributed by atoms with Gasteiger partial charge in [-0.15, -0.1) is 0 Å². The van der Waals surface area contributed by atoms with Crippen molar-refractivity contribution >= 4 is 18.1 Å². The van der Waals surface area contributed by atoms with Crippen LogP contribution in [0.5, 0.6) is 0 Å². The summed E-state index contributed by atoms with van der Waals surface area (Å²) in [6.45, 7) is 0.510. The third-order valence-electron chi connectivity index (χ3n) is 3.93. The number of aromatic nitrogens is 1. The highest BCUT2D eigenvalue weighted by atomic mass is 32.1. The average Bonchev–Trinajstić information content (AvgIpc) is 2.64. The number of carbonyl (C=O) groups is 1. The largest absolute Gasteiger partial charge is 0.352 e. The van der Waals surface area contributed by atoms with E-state index in [0.29, 0.717) is 16.7 Å². The first-order chi connectivity index (χ1) is 11.8. The van der Waals surface area contributed by atoms with Gasteiger partial charge in [-0.3, -0.25) is 4.79 Å². The summed E-state index contributed by atoms with van der Waals surface area (Å²) in [5, 5.41) is 3.01. The van der Waals surface area contributed by atoms with Crippen LogP contribution < -0.4 is 5.32 Å². The molecule has 2 N–H and O–H groups in total. The Morgan fingerprint density at radius 2 is 1.50 bits per heavy atom. The average molecular weight is 334 g/mol. The maximum atomic E-state index is 12.4. The molecule has 4 heteroatoms. The van der Waals surface area contributed by atoms with E-state index in [4.69, 9.17) is 12.2 Å². The van der Waals surface area contributed by atoms with Crippen LogP contribution in [0.2, 0.25) is 0 Å². The predicted molar refractivity (Wildman–Crippen MR) is 98.7 cm³/mol. The molecule has 0 saturated heterocycles. The van der Waals surface area contributed by atoms with Crippen LogP contribution in [0, 0.1) is 4.64 Å². The quantitative estimate of drug-likeness (QED) is 0.683. The maximum absolute atomic E-state index is 12.4. The fraction of sp³-hybridized carbons (Fsp3) is 0.100. The molecule has 0 aliphatic heterocycles. The molecule has 0 unspecified atom stereocenters. The summed E-state index contributed by atoms with van der Waals surface area (Å²) in [5.74, 6) is -0.0636. The van der Waals surface area contributed by atoms with E-state index in [1.165, 1.54) is 11.1 Å². The number of benzene rings is 2. The molecule has 120 valence electrons. The first-order valence-corrected chi connectivity index (χ1v) is 8.22. The minimum absolute atomic E-state index is 0.0950. The van der Waals surface area contributed by atoms with Crippen molar-refractivity contribution in [3.63, 3.8) is 0 Å². The van der Waals surface area contributed by atoms with Crippen LogP contribution in [0.1, 0.15) is 27.4 Å². The Kier molecular flexibility index (Phi) is 5.18. The van der Waals surface area contributed by atoms with E-state index in [0.717, 1.165) is 0 Å². The molecule has 0 spiro atoms. The monoisotopic (exact) mass is 334 g/mol. The third kappa shape index (κ3) is 3.78. The number of nitrogens with one attached hydrogen (secondary N) is 2. The summed E-state index contributed by atoms with van der Waals surface area (Å²) in [5.41, 5.74) is 2.83. The number of hydrogen-bond acceptors (Lipinski definition) is 2. The lowest BCUT2D eigenvalue weighted by Crippen LogP contribution is -2.29. The lowest BCUT2D eigenvalue weighted by Gasteiger charge is -2.19. The second-order valence-corrected chi connectivity index (χ2v) is 5.91. The zero-order valence-corrected chi connectivity index (χ0v) is 13.9. The second-order valence-electron chi connectivity index (χ2n) is 5.50. The van der Waals surface area contributed by atoms with Crippen LogP contribution in [0.25, 0.3) is 0 Å². The van der Waals surface area contributed by atoms with E-state index < -0.39 is 0 Å². The molecular weight excluding hydrogens is 316 g/mol. The molecule has 24 heavy (non-hydrogen) atoms. The van der Waals surface area contributed by atoms with Crippen molar-refractivity contribution in [3.8, 4) is 0 Å². The van der Waals surface area contributed by atoms with Gasteiger partial charge in [0.2, 0.25) is 0 Å². The molecule has 0 saturated carbocycles. The molecule has 3 aromatic rings. The second kappa shape index (κ2) is 7.70. The van der Waals surface area contributed by atoms with E-state index in [1.54, 1.807) is 18.3 Å². The van der Waals surface area contributed by atoms with Gasteiger partial charge in [0.25, 0.3) is 5.91 Å². The summed E-state index contributed by atoms with van der Waals surface area (Å²) < 4.78 is 0.450. The highest BCUT2D eigenvalue weighted by molar-refractivity contribution is 7.71. The lowest BCUT2D eigenvalue weighted by molar-refractivity contribution is 0.0951. The van der Waals surface area contributed by atoms with Gasteiger partial charge in [-0.1, -0.05) is 72.9 Å². The highest BCUT2D eigenvalue weighted by Gasteiger charge is 2.16. The summed E-state index contributed by atoms with van der Waals surface area (Å²) in [4.78, 5) is 15.3. The zero-order valence-electron chi connectivity index (χ0n) is 13.1. The summed E-state index contributed by atoms with van der Waals surface area (Å²) in [6.07, 6.45) is 1.72. The SMILES string of the molecule is O=C(NCC(c1ccccc1)c1ccccc1)c1ccc[nH]c1=S. The van der Waals surface area contributed by atoms with Gasteiger partial charge in [-0.05, 0) is 23.3 Å². The Balaban J connectivity index is 1.82. The Morgan fingerprint density at radius 3 is 2.04 bits per heavy atom. The number of aromatic amines is 1. The molecule has 0 bridgehead atoms. The Bertz CT molecular complexity index is 820. The lowest BCUT2D eigenvalue weighted by atomic mass is 9.91. The highest BCUT2D eigenvalue weighted by Crippen LogP contribution is 2.23. The Morgan fingerprint density at radius 1 is 0.917 bits per heavy atom. The van der Waals surface area contributed by atoms with Crippen LogP contribution in [0.15, 0.2) is 79.0 Å². The van der Waals surface area contributed by atoms with E-state index >= 15 is 0 Å². The van der Waals surface area contributed by atoms with Crippen LogP contribution in [-0.2, 0) is 0 Å². The normalized spacial score (nSPS) is 10.5. The standard InChI is InChI=1S/C20H18N2OS/c23-19(17-12-7-13-21-20(17)24)22-14-18(15-8-3-1-4-9-15)16-10-5-2-6-11-16/h1-13,18H,14H2,(H,21,24)(H,22,23). The predicted octanol–water partition coefficient (Wildman–Crippen LogP) is 4.31. The van der Waals surface area contributed by atoms with Crippen molar-refractivity contribution in [2.75, 3.05) is 6.54 Å². The van der Waals surface area contributed by atoms with Gasteiger partial charge in [0.1, 0.15) is 4.64 Å². The van der Waals surface area contributed by atoms with Gasteiger partial charge in [0.15, 0.2) is 0 Å². The summed E-state index contributed by atoms with van der Waals surface area (Å²) in [6, 6.07) is 23.9. The number of pyridine rings is 1. The Hall–Kier alpha value is -2.72. The van der Waals surface area contributed by atoms with Crippen LogP contribution in [0.4, 0.5) is 0 Å². The number of carbonyl (C=O) groups excluding carboxylic acids is 1. The first kappa shape index (κ1) is 16.1. The van der Waals surface area contributed by atoms with Crippen molar-refractivity contribution in [1.29, 1.82) is 0 Å². The number of amides is 1. The molecule has 3 rings (SSSR count). The summed E-state index contributed by atoms with van der Waals surface area (Å²) >= 11 is 5.18. The smallest absolute Gasteiger partial charge is 0.254 e. The van der Waals surface area contributed by atoms with E-state index in [1.807, 2.05) is 36.4 Å².